The normalized spacial score (nSPS) is 10.8. The van der Waals surface area contributed by atoms with Gasteiger partial charge in [-0.1, -0.05) is 0 Å². The van der Waals surface area contributed by atoms with Crippen LogP contribution in [0.4, 0.5) is 8.78 Å². The predicted molar refractivity (Wildman–Crippen MR) is 44.2 cm³/mol. The monoisotopic (exact) mass is 236 g/mol. The fourth-order valence-corrected chi connectivity index (χ4v) is 1.40. The van der Waals surface area contributed by atoms with E-state index in [1.807, 2.05) is 0 Å². The van der Waals surface area contributed by atoms with E-state index in [0.717, 1.165) is 0 Å². The summed E-state index contributed by atoms with van der Waals surface area (Å²) in [6.45, 7) is 3.26. The maximum absolute atomic E-state index is 12.4. The fraction of sp³-hybridized carbons (Fsp3) is 0.429. The maximum Gasteiger partial charge on any atom is 0.266 e. The van der Waals surface area contributed by atoms with E-state index in [-0.39, 0.29) is 10.2 Å². The van der Waals surface area contributed by atoms with Crippen molar-refractivity contribution in [3.8, 4) is 0 Å². The smallest absolute Gasteiger partial charge is 0.205 e. The quantitative estimate of drug-likeness (QED) is 0.750. The first-order valence-electron chi connectivity index (χ1n) is 3.31. The third-order valence-electron chi connectivity index (χ3n) is 1.67. The zero-order chi connectivity index (χ0) is 9.30. The highest BCUT2D eigenvalue weighted by Gasteiger charge is 2.17. The van der Waals surface area contributed by atoms with Gasteiger partial charge in [-0.2, -0.15) is 5.10 Å². The number of halogens is 3. The highest BCUT2D eigenvalue weighted by atomic mass is 79.9. The molecule has 0 spiro atoms. The molecule has 1 rings (SSSR count). The van der Waals surface area contributed by atoms with Crippen molar-refractivity contribution in [1.29, 1.82) is 0 Å². The first-order valence-corrected chi connectivity index (χ1v) is 4.10. The summed E-state index contributed by atoms with van der Waals surface area (Å²) in [5.41, 5.74) is 0.961. The zero-order valence-corrected chi connectivity index (χ0v) is 8.19. The van der Waals surface area contributed by atoms with Gasteiger partial charge in [0.05, 0.1) is 11.3 Å². The molecule has 0 aromatic carbocycles. The van der Waals surface area contributed by atoms with Gasteiger partial charge in [0.2, 0.25) is 0 Å². The molecule has 0 aliphatic heterocycles. The van der Waals surface area contributed by atoms with Gasteiger partial charge in [0.25, 0.3) is 6.43 Å². The molecular weight excluding hydrogens is 230 g/mol. The summed E-state index contributed by atoms with van der Waals surface area (Å²) < 4.78 is 24.9. The van der Waals surface area contributed by atoms with Gasteiger partial charge in [-0.25, -0.2) is 8.78 Å². The Labute approximate surface area is 77.1 Å². The minimum atomic E-state index is -2.51. The van der Waals surface area contributed by atoms with Crippen LogP contribution in [0.3, 0.4) is 0 Å². The Morgan fingerprint density at radius 1 is 1.25 bits per heavy atom. The van der Waals surface area contributed by atoms with E-state index in [0.29, 0.717) is 11.3 Å². The highest BCUT2D eigenvalue weighted by Crippen LogP contribution is 2.28. The Hall–Kier alpha value is -0.580. The van der Waals surface area contributed by atoms with Gasteiger partial charge in [-0.3, -0.25) is 0 Å². The molecule has 0 unspecified atom stereocenters. The first kappa shape index (κ1) is 9.51. The third kappa shape index (κ3) is 1.60. The van der Waals surface area contributed by atoms with Gasteiger partial charge in [0.1, 0.15) is 4.60 Å². The Kier molecular flexibility index (Phi) is 2.72. The summed E-state index contributed by atoms with van der Waals surface area (Å²) in [6, 6.07) is 0. The molecule has 0 radical (unpaired) electrons. The number of nitrogens with zero attached hydrogens (tertiary/aromatic N) is 2. The summed E-state index contributed by atoms with van der Waals surface area (Å²) in [4.78, 5) is 0. The van der Waals surface area contributed by atoms with Crippen molar-refractivity contribution in [2.24, 2.45) is 0 Å². The standard InChI is InChI=1S/C7H7BrF2N2/c1-3-4(2)11-12-6(8)5(3)7(9)10/h7H,1-2H3. The molecule has 66 valence electrons. The van der Waals surface area contributed by atoms with Crippen molar-refractivity contribution >= 4 is 15.9 Å². The largest absolute Gasteiger partial charge is 0.266 e. The van der Waals surface area contributed by atoms with Gasteiger partial charge < -0.3 is 0 Å². The molecule has 1 aromatic rings. The SMILES string of the molecule is Cc1nnc(Br)c(C(F)F)c1C. The van der Waals surface area contributed by atoms with Crippen molar-refractivity contribution in [3.63, 3.8) is 0 Å². The molecule has 0 aliphatic carbocycles. The van der Waals surface area contributed by atoms with Gasteiger partial charge in [0, 0.05) is 0 Å². The summed E-state index contributed by atoms with van der Waals surface area (Å²) in [5, 5.41) is 7.24. The van der Waals surface area contributed by atoms with Crippen LogP contribution in [0.1, 0.15) is 23.2 Å². The van der Waals surface area contributed by atoms with E-state index < -0.39 is 6.43 Å². The van der Waals surface area contributed by atoms with E-state index in [4.69, 9.17) is 0 Å². The number of alkyl halides is 2. The lowest BCUT2D eigenvalue weighted by atomic mass is 10.1. The minimum absolute atomic E-state index is 0.0671. The molecule has 0 amide bonds. The molecule has 0 fully saturated rings. The number of hydrogen-bond donors (Lipinski definition) is 0. The minimum Gasteiger partial charge on any atom is -0.205 e. The molecular formula is C7H7BrF2N2. The van der Waals surface area contributed by atoms with Crippen molar-refractivity contribution in [2.45, 2.75) is 20.3 Å². The van der Waals surface area contributed by atoms with Crippen LogP contribution in [0.5, 0.6) is 0 Å². The number of aromatic nitrogens is 2. The van der Waals surface area contributed by atoms with Crippen molar-refractivity contribution in [3.05, 3.63) is 21.4 Å². The molecule has 0 N–H and O–H groups in total. The summed E-state index contributed by atoms with van der Waals surface area (Å²) in [6.07, 6.45) is -2.51. The predicted octanol–water partition coefficient (Wildman–Crippen LogP) is 2.79. The molecule has 12 heavy (non-hydrogen) atoms. The molecule has 2 nitrogen and oxygen atoms in total. The molecule has 0 atom stereocenters. The Morgan fingerprint density at radius 3 is 2.25 bits per heavy atom. The van der Waals surface area contributed by atoms with Crippen LogP contribution in [0.2, 0.25) is 0 Å². The van der Waals surface area contributed by atoms with Crippen molar-refractivity contribution in [2.75, 3.05) is 0 Å². The first-order chi connectivity index (χ1) is 5.54. The van der Waals surface area contributed by atoms with E-state index >= 15 is 0 Å². The summed E-state index contributed by atoms with van der Waals surface area (Å²) >= 11 is 2.93. The van der Waals surface area contributed by atoms with E-state index in [1.165, 1.54) is 0 Å². The van der Waals surface area contributed by atoms with Crippen LogP contribution in [-0.4, -0.2) is 10.2 Å². The number of aryl methyl sites for hydroxylation is 1. The zero-order valence-electron chi connectivity index (χ0n) is 6.61. The van der Waals surface area contributed by atoms with Gasteiger partial charge >= 0.3 is 0 Å². The second-order valence-electron chi connectivity index (χ2n) is 2.42. The molecule has 0 saturated heterocycles. The van der Waals surface area contributed by atoms with Crippen LogP contribution in [0.15, 0.2) is 4.60 Å². The summed E-state index contributed by atoms with van der Waals surface area (Å²) in [7, 11) is 0. The lowest BCUT2D eigenvalue weighted by Crippen LogP contribution is -2.00. The molecule has 0 aliphatic rings. The van der Waals surface area contributed by atoms with E-state index in [9.17, 15) is 8.78 Å². The molecule has 1 heterocycles. The molecule has 1 aromatic heterocycles. The molecule has 0 saturated carbocycles. The summed E-state index contributed by atoms with van der Waals surface area (Å²) in [5.74, 6) is 0. The number of rotatable bonds is 1. The Bertz CT molecular complexity index is 302. The van der Waals surface area contributed by atoms with E-state index in [2.05, 4.69) is 26.1 Å². The van der Waals surface area contributed by atoms with Crippen molar-refractivity contribution in [1.82, 2.24) is 10.2 Å². The van der Waals surface area contributed by atoms with Crippen molar-refractivity contribution < 1.29 is 8.78 Å². The van der Waals surface area contributed by atoms with Crippen LogP contribution < -0.4 is 0 Å². The fourth-order valence-electron chi connectivity index (χ4n) is 0.851. The van der Waals surface area contributed by atoms with Crippen LogP contribution in [0, 0.1) is 13.8 Å². The second-order valence-corrected chi connectivity index (χ2v) is 3.17. The lowest BCUT2D eigenvalue weighted by Gasteiger charge is -2.07. The molecule has 0 bridgehead atoms. The van der Waals surface area contributed by atoms with Gasteiger partial charge in [-0.15, -0.1) is 5.10 Å². The van der Waals surface area contributed by atoms with Crippen LogP contribution >= 0.6 is 15.9 Å². The van der Waals surface area contributed by atoms with Crippen LogP contribution in [0.25, 0.3) is 0 Å². The van der Waals surface area contributed by atoms with Crippen LogP contribution in [-0.2, 0) is 0 Å². The third-order valence-corrected chi connectivity index (χ3v) is 2.26. The topological polar surface area (TPSA) is 25.8 Å². The van der Waals surface area contributed by atoms with E-state index in [1.54, 1.807) is 13.8 Å². The maximum atomic E-state index is 12.4. The Morgan fingerprint density at radius 2 is 1.83 bits per heavy atom. The number of hydrogen-bond acceptors (Lipinski definition) is 2. The van der Waals surface area contributed by atoms with Gasteiger partial charge in [0.15, 0.2) is 0 Å². The second kappa shape index (κ2) is 3.43. The average molecular weight is 237 g/mol. The Balaban J connectivity index is 3.33. The van der Waals surface area contributed by atoms with Gasteiger partial charge in [-0.05, 0) is 35.3 Å². The highest BCUT2D eigenvalue weighted by molar-refractivity contribution is 9.10. The lowest BCUT2D eigenvalue weighted by molar-refractivity contribution is 0.148. The molecule has 5 heteroatoms. The average Bonchev–Trinajstić information content (AvgIpc) is 1.97.